The lowest BCUT2D eigenvalue weighted by Gasteiger charge is -2.27. The van der Waals surface area contributed by atoms with E-state index in [1.54, 1.807) is 45.0 Å². The van der Waals surface area contributed by atoms with Gasteiger partial charge in [-0.15, -0.1) is 0 Å². The molecule has 0 spiro atoms. The molecule has 0 unspecified atom stereocenters. The van der Waals surface area contributed by atoms with Crippen molar-refractivity contribution in [1.29, 1.82) is 0 Å². The molecule has 1 aromatic heterocycles. The average Bonchev–Trinajstić information content (AvgIpc) is 2.72. The van der Waals surface area contributed by atoms with Crippen LogP contribution in [0, 0.1) is 0 Å². The van der Waals surface area contributed by atoms with Crippen LogP contribution in [0.5, 0.6) is 5.75 Å². The first kappa shape index (κ1) is 12.0. The van der Waals surface area contributed by atoms with Crippen LogP contribution in [-0.4, -0.2) is 24.1 Å². The molecular formula is C23H28N2O3Si. The van der Waals surface area contributed by atoms with Crippen LogP contribution in [0.15, 0.2) is 47.4 Å². The Morgan fingerprint density at radius 3 is 2.52 bits per heavy atom. The summed E-state index contributed by atoms with van der Waals surface area (Å²) in [6.45, 7) is -5.28. The lowest BCUT2D eigenvalue weighted by atomic mass is 9.85. The molecule has 0 bridgehead atoms. The predicted octanol–water partition coefficient (Wildman–Crippen LogP) is 4.33. The first-order valence-electron chi connectivity index (χ1n) is 13.4. The van der Waals surface area contributed by atoms with Gasteiger partial charge in [0.25, 0.3) is 5.91 Å². The Labute approximate surface area is 184 Å². The van der Waals surface area contributed by atoms with Crippen molar-refractivity contribution in [3.05, 3.63) is 63.9 Å². The molecule has 1 amide bonds. The second kappa shape index (κ2) is 7.19. The van der Waals surface area contributed by atoms with Crippen molar-refractivity contribution in [1.82, 2.24) is 4.98 Å². The van der Waals surface area contributed by atoms with Gasteiger partial charge in [0.15, 0.2) is 0 Å². The highest BCUT2D eigenvalue weighted by atomic mass is 28.3. The van der Waals surface area contributed by atoms with Crippen molar-refractivity contribution >= 4 is 35.8 Å². The largest absolute Gasteiger partial charge is 0.508 e. The van der Waals surface area contributed by atoms with Crippen molar-refractivity contribution in [2.45, 2.75) is 45.6 Å². The van der Waals surface area contributed by atoms with E-state index in [2.05, 4.69) is 10.3 Å². The molecule has 0 aliphatic carbocycles. The van der Waals surface area contributed by atoms with Crippen LogP contribution in [0.3, 0.4) is 0 Å². The number of pyridine rings is 1. The molecule has 0 atom stereocenters. The number of amides is 1. The van der Waals surface area contributed by atoms with E-state index in [1.807, 2.05) is 0 Å². The van der Waals surface area contributed by atoms with Gasteiger partial charge in [-0.05, 0) is 28.3 Å². The van der Waals surface area contributed by atoms with Crippen molar-refractivity contribution in [3.8, 4) is 5.75 Å². The van der Waals surface area contributed by atoms with E-state index < -0.39 is 55.2 Å². The maximum atomic E-state index is 13.2. The van der Waals surface area contributed by atoms with Gasteiger partial charge in [-0.25, -0.2) is 0 Å². The van der Waals surface area contributed by atoms with Crippen LogP contribution in [0.4, 0.5) is 5.69 Å². The number of fused-ring (bicyclic) bond motifs is 1. The number of rotatable bonds is 3. The molecule has 29 heavy (non-hydrogen) atoms. The van der Waals surface area contributed by atoms with Gasteiger partial charge in [-0.2, -0.15) is 0 Å². The minimum absolute atomic E-state index is 0.0270. The Balaban J connectivity index is 2.27. The molecule has 0 saturated carbocycles. The quantitative estimate of drug-likeness (QED) is 0.555. The van der Waals surface area contributed by atoms with E-state index >= 15 is 0 Å². The first-order chi connectivity index (χ1) is 17.1. The van der Waals surface area contributed by atoms with Gasteiger partial charge >= 0.3 is 0 Å². The number of H-pyrrole nitrogens is 1. The van der Waals surface area contributed by atoms with Gasteiger partial charge in [0.1, 0.15) is 11.3 Å². The fourth-order valence-corrected chi connectivity index (χ4v) is 3.96. The standard InChI is InChI=1S/C23H28N2O3Si/c1-23(2,3)16-11-20(29(4,5)6)19(26)12-18(16)25-22(28)15-13-24-17-10-8-7-9-14(17)21(15)27/h7-13,26H,1-6H3,(H,24,27)(H,25,28)/i4D3,5D3,6D3. The number of phenolic OH excluding ortho intramolecular Hbond substituents is 1. The normalized spacial score (nSPS) is 18.1. The molecule has 0 aliphatic heterocycles. The number of benzene rings is 2. The molecule has 152 valence electrons. The smallest absolute Gasteiger partial charge is 0.261 e. The maximum Gasteiger partial charge on any atom is 0.261 e. The highest BCUT2D eigenvalue weighted by Crippen LogP contribution is 2.33. The summed E-state index contributed by atoms with van der Waals surface area (Å²) in [5.74, 6) is -1.71. The molecule has 3 aromatic rings. The second-order valence-electron chi connectivity index (χ2n) is 7.95. The van der Waals surface area contributed by atoms with Crippen LogP contribution >= 0.6 is 0 Å². The number of carbonyl (C=O) groups excluding carboxylic acids is 1. The molecule has 2 aromatic carbocycles. The fourth-order valence-electron chi connectivity index (χ4n) is 3.14. The van der Waals surface area contributed by atoms with E-state index in [1.165, 1.54) is 6.20 Å². The van der Waals surface area contributed by atoms with Gasteiger partial charge in [0.05, 0.1) is 8.07 Å². The number of nitrogens with one attached hydrogen (secondary N) is 2. The van der Waals surface area contributed by atoms with Crippen LogP contribution in [-0.2, 0) is 5.41 Å². The van der Waals surface area contributed by atoms with Crippen molar-refractivity contribution < 1.29 is 22.2 Å². The summed E-state index contributed by atoms with van der Waals surface area (Å²) in [6.07, 6.45) is 1.24. The van der Waals surface area contributed by atoms with Crippen LogP contribution in [0.25, 0.3) is 10.9 Å². The molecule has 3 N–H and O–H groups in total. The monoisotopic (exact) mass is 417 g/mol. The lowest BCUT2D eigenvalue weighted by Crippen LogP contribution is -2.39. The Hall–Kier alpha value is -2.86. The van der Waals surface area contributed by atoms with Crippen LogP contribution in [0.1, 0.15) is 49.0 Å². The summed E-state index contributed by atoms with van der Waals surface area (Å²) in [5, 5.41) is 13.1. The highest BCUT2D eigenvalue weighted by Gasteiger charge is 2.27. The SMILES string of the molecule is [2H]C([2H])([2H])[Si](c1cc(C(C)(C)C)c(NC(=O)c2c[nH]c3ccccc3c2=O)cc1O)(C([2H])([2H])[2H])C([2H])([2H])[2H]. The third-order valence-electron chi connectivity index (χ3n) is 4.63. The molecule has 5 nitrogen and oxygen atoms in total. The minimum Gasteiger partial charge on any atom is -0.508 e. The van der Waals surface area contributed by atoms with Gasteiger partial charge in [0.2, 0.25) is 5.43 Å². The third-order valence-corrected chi connectivity index (χ3v) is 5.84. The number of para-hydroxylation sites is 1. The zero-order valence-electron chi connectivity index (χ0n) is 25.3. The maximum absolute atomic E-state index is 13.2. The predicted molar refractivity (Wildman–Crippen MR) is 122 cm³/mol. The van der Waals surface area contributed by atoms with E-state index in [-0.39, 0.29) is 22.2 Å². The Morgan fingerprint density at radius 1 is 1.17 bits per heavy atom. The van der Waals surface area contributed by atoms with Gasteiger partial charge in [-0.1, -0.05) is 58.4 Å². The molecule has 0 aliphatic rings. The van der Waals surface area contributed by atoms with E-state index in [9.17, 15) is 14.7 Å². The topological polar surface area (TPSA) is 82.2 Å². The van der Waals surface area contributed by atoms with Crippen molar-refractivity contribution in [2.75, 3.05) is 5.32 Å². The summed E-state index contributed by atoms with van der Waals surface area (Å²) in [5.41, 5.74) is -0.978. The Kier molecular flexibility index (Phi) is 2.97. The summed E-state index contributed by atoms with van der Waals surface area (Å²) >= 11 is 0. The number of carbonyl (C=O) groups is 1. The summed E-state index contributed by atoms with van der Waals surface area (Å²) in [4.78, 5) is 28.9. The molecule has 1 heterocycles. The molecule has 6 heteroatoms. The zero-order chi connectivity index (χ0) is 29.1. The molecular weight excluding hydrogens is 380 g/mol. The number of phenols is 1. The molecule has 0 saturated heterocycles. The number of aromatic amines is 1. The summed E-state index contributed by atoms with van der Waals surface area (Å²) in [6, 6.07) is 8.60. The van der Waals surface area contributed by atoms with Crippen LogP contribution < -0.4 is 15.9 Å². The second-order valence-corrected chi connectivity index (χ2v) is 9.98. The summed E-state index contributed by atoms with van der Waals surface area (Å²) in [7, 11) is -5.52. The number of aromatic nitrogens is 1. The highest BCUT2D eigenvalue weighted by molar-refractivity contribution is 6.89. The molecule has 0 radical (unpaired) electrons. The number of hydrogen-bond donors (Lipinski definition) is 3. The van der Waals surface area contributed by atoms with E-state index in [0.717, 1.165) is 12.1 Å². The van der Waals surface area contributed by atoms with Crippen molar-refractivity contribution in [2.24, 2.45) is 0 Å². The molecule has 0 fully saturated rings. The fraction of sp³-hybridized carbons (Fsp3) is 0.304. The van der Waals surface area contributed by atoms with E-state index in [4.69, 9.17) is 12.3 Å². The lowest BCUT2D eigenvalue weighted by molar-refractivity contribution is 0.102. The van der Waals surface area contributed by atoms with Crippen LogP contribution in [0.2, 0.25) is 19.4 Å². The number of hydrogen-bond acceptors (Lipinski definition) is 3. The third kappa shape index (κ3) is 4.12. The van der Waals surface area contributed by atoms with Gasteiger partial charge in [0, 0.05) is 41.2 Å². The molecule has 3 rings (SSSR count). The first-order valence-corrected chi connectivity index (χ1v) is 10.9. The van der Waals surface area contributed by atoms with E-state index in [0.29, 0.717) is 5.52 Å². The van der Waals surface area contributed by atoms with Gasteiger partial charge < -0.3 is 15.4 Å². The zero-order valence-corrected chi connectivity index (χ0v) is 17.3. The van der Waals surface area contributed by atoms with Crippen molar-refractivity contribution in [3.63, 3.8) is 0 Å². The average molecular weight is 418 g/mol. The van der Waals surface area contributed by atoms with Gasteiger partial charge in [-0.3, -0.25) is 9.59 Å². The summed E-state index contributed by atoms with van der Waals surface area (Å²) < 4.78 is 72.3. The number of anilines is 1. The Bertz CT molecular complexity index is 1420. The number of aromatic hydroxyl groups is 1. The Morgan fingerprint density at radius 2 is 1.86 bits per heavy atom. The minimum atomic E-state index is -5.52.